The van der Waals surface area contributed by atoms with Crippen molar-refractivity contribution in [1.29, 1.82) is 5.26 Å². The van der Waals surface area contributed by atoms with E-state index in [0.29, 0.717) is 38.1 Å². The molecular formula is C17H35N2O4P. The zero-order chi connectivity index (χ0) is 19.0. The van der Waals surface area contributed by atoms with Crippen LogP contribution in [0.3, 0.4) is 0 Å². The molecule has 6 nitrogen and oxygen atoms in total. The standard InChI is InChI=1S/C17H35N2O4P/c1-14(2)19(15(3)4)24(22-12-9-11-18)17(7,8)21-13-10-16(5,6)23-20/h14-15,20H,9-10,12-13H2,1-8H3. The van der Waals surface area contributed by atoms with Crippen molar-refractivity contribution < 1.29 is 19.4 Å². The minimum absolute atomic E-state index is 0.304. The second-order valence-electron chi connectivity index (χ2n) is 7.48. The lowest BCUT2D eigenvalue weighted by atomic mass is 10.1. The fourth-order valence-corrected chi connectivity index (χ4v) is 4.65. The van der Waals surface area contributed by atoms with Crippen molar-refractivity contribution in [2.75, 3.05) is 13.2 Å². The van der Waals surface area contributed by atoms with E-state index in [2.05, 4.69) is 43.3 Å². The summed E-state index contributed by atoms with van der Waals surface area (Å²) in [6.07, 6.45) is 0.933. The molecule has 142 valence electrons. The quantitative estimate of drug-likeness (QED) is 0.233. The fourth-order valence-electron chi connectivity index (χ4n) is 2.34. The molecule has 7 heteroatoms. The third-order valence-electron chi connectivity index (χ3n) is 3.56. The Kier molecular flexibility index (Phi) is 10.5. The molecular weight excluding hydrogens is 327 g/mol. The molecule has 0 aliphatic rings. The Balaban J connectivity index is 5.10. The van der Waals surface area contributed by atoms with Crippen LogP contribution in [-0.4, -0.2) is 46.2 Å². The van der Waals surface area contributed by atoms with Crippen molar-refractivity contribution in [1.82, 2.24) is 4.67 Å². The molecule has 1 N–H and O–H groups in total. The van der Waals surface area contributed by atoms with Crippen LogP contribution in [0.1, 0.15) is 68.2 Å². The largest absolute Gasteiger partial charge is 0.367 e. The number of rotatable bonds is 12. The zero-order valence-corrected chi connectivity index (χ0v) is 17.4. The second-order valence-corrected chi connectivity index (χ2v) is 9.82. The summed E-state index contributed by atoms with van der Waals surface area (Å²) in [7, 11) is -1.05. The number of nitriles is 1. The highest BCUT2D eigenvalue weighted by atomic mass is 31.2. The summed E-state index contributed by atoms with van der Waals surface area (Å²) >= 11 is 0. The minimum Gasteiger partial charge on any atom is -0.367 e. The molecule has 0 heterocycles. The van der Waals surface area contributed by atoms with Gasteiger partial charge in [-0.25, -0.2) is 4.89 Å². The third-order valence-corrected chi connectivity index (χ3v) is 6.38. The highest BCUT2D eigenvalue weighted by Gasteiger charge is 2.39. The van der Waals surface area contributed by atoms with Gasteiger partial charge < -0.3 is 9.26 Å². The molecule has 0 radical (unpaired) electrons. The Morgan fingerprint density at radius 3 is 2.04 bits per heavy atom. The summed E-state index contributed by atoms with van der Waals surface area (Å²) in [4.78, 5) is 4.46. The number of hydrogen-bond donors (Lipinski definition) is 1. The molecule has 0 spiro atoms. The Morgan fingerprint density at radius 2 is 1.62 bits per heavy atom. The van der Waals surface area contributed by atoms with Gasteiger partial charge in [-0.3, -0.25) is 9.93 Å². The van der Waals surface area contributed by atoms with Gasteiger partial charge in [0.2, 0.25) is 0 Å². The molecule has 0 bridgehead atoms. The van der Waals surface area contributed by atoms with Crippen LogP contribution in [0.5, 0.6) is 0 Å². The van der Waals surface area contributed by atoms with Gasteiger partial charge in [-0.2, -0.15) is 5.26 Å². The predicted octanol–water partition coefficient (Wildman–Crippen LogP) is 4.76. The van der Waals surface area contributed by atoms with E-state index in [1.165, 1.54) is 0 Å². The first-order chi connectivity index (χ1) is 11.0. The van der Waals surface area contributed by atoms with Crippen molar-refractivity contribution in [3.8, 4) is 6.07 Å². The SMILES string of the molecule is CC(C)N(C(C)C)P(OCCC#N)C(C)(C)OCCC(C)(C)OO. The predicted molar refractivity (Wildman–Crippen MR) is 97.7 cm³/mol. The first-order valence-corrected chi connectivity index (χ1v) is 9.74. The van der Waals surface area contributed by atoms with E-state index in [0.717, 1.165) is 0 Å². The molecule has 0 aromatic rings. The maximum absolute atomic E-state index is 8.89. The van der Waals surface area contributed by atoms with E-state index in [1.807, 2.05) is 27.7 Å². The van der Waals surface area contributed by atoms with Gasteiger partial charge in [0.1, 0.15) is 13.6 Å². The molecule has 0 aliphatic heterocycles. The van der Waals surface area contributed by atoms with Gasteiger partial charge in [0.25, 0.3) is 0 Å². The van der Waals surface area contributed by atoms with E-state index in [9.17, 15) is 0 Å². The van der Waals surface area contributed by atoms with E-state index in [1.54, 1.807) is 0 Å². The molecule has 0 saturated heterocycles. The molecule has 0 fully saturated rings. The average Bonchev–Trinajstić information content (AvgIpc) is 2.45. The van der Waals surface area contributed by atoms with Gasteiger partial charge >= 0.3 is 0 Å². The van der Waals surface area contributed by atoms with Crippen molar-refractivity contribution >= 4 is 8.30 Å². The first-order valence-electron chi connectivity index (χ1n) is 8.53. The Bertz CT molecular complexity index is 387. The Morgan fingerprint density at radius 1 is 1.08 bits per heavy atom. The third kappa shape index (κ3) is 8.20. The van der Waals surface area contributed by atoms with Crippen molar-refractivity contribution in [2.45, 2.75) is 91.3 Å². The van der Waals surface area contributed by atoms with Gasteiger partial charge in [0.15, 0.2) is 0 Å². The molecule has 0 aliphatic carbocycles. The summed E-state index contributed by atoms with van der Waals surface area (Å²) in [5.74, 6) is 0. The maximum Gasteiger partial charge on any atom is 0.137 e. The molecule has 0 saturated carbocycles. The van der Waals surface area contributed by atoms with E-state index < -0.39 is 19.2 Å². The highest BCUT2D eigenvalue weighted by molar-refractivity contribution is 7.51. The van der Waals surface area contributed by atoms with Crippen LogP contribution >= 0.6 is 8.30 Å². The van der Waals surface area contributed by atoms with Crippen molar-refractivity contribution in [3.05, 3.63) is 0 Å². The van der Waals surface area contributed by atoms with Crippen molar-refractivity contribution in [3.63, 3.8) is 0 Å². The second kappa shape index (κ2) is 10.7. The molecule has 24 heavy (non-hydrogen) atoms. The van der Waals surface area contributed by atoms with Gasteiger partial charge in [0, 0.05) is 18.5 Å². The lowest BCUT2D eigenvalue weighted by molar-refractivity contribution is -0.316. The molecule has 1 atom stereocenters. The fraction of sp³-hybridized carbons (Fsp3) is 0.941. The van der Waals surface area contributed by atoms with Gasteiger partial charge in [-0.1, -0.05) is 0 Å². The Labute approximate surface area is 148 Å². The molecule has 0 rings (SSSR count). The highest BCUT2D eigenvalue weighted by Crippen LogP contribution is 2.56. The average molecular weight is 362 g/mol. The number of hydrogen-bond acceptors (Lipinski definition) is 6. The molecule has 1 unspecified atom stereocenters. The summed E-state index contributed by atoms with van der Waals surface area (Å²) in [5.41, 5.74) is -0.643. The van der Waals surface area contributed by atoms with Crippen LogP contribution in [-0.2, 0) is 14.1 Å². The van der Waals surface area contributed by atoms with Crippen LogP contribution in [0, 0.1) is 11.3 Å². The summed E-state index contributed by atoms with van der Waals surface area (Å²) < 4.78 is 14.6. The summed E-state index contributed by atoms with van der Waals surface area (Å²) in [6.45, 7) is 17.1. The lowest BCUT2D eigenvalue weighted by Crippen LogP contribution is -2.41. The maximum atomic E-state index is 8.89. The van der Waals surface area contributed by atoms with E-state index in [-0.39, 0.29) is 0 Å². The summed E-state index contributed by atoms with van der Waals surface area (Å²) in [5, 5.41) is 17.2. The van der Waals surface area contributed by atoms with Crippen LogP contribution in [0.4, 0.5) is 0 Å². The smallest absolute Gasteiger partial charge is 0.137 e. The lowest BCUT2D eigenvalue weighted by Gasteiger charge is -2.44. The normalized spacial score (nSPS) is 14.5. The monoisotopic (exact) mass is 362 g/mol. The molecule has 0 aromatic heterocycles. The Hall–Kier alpha value is -0.280. The number of ether oxygens (including phenoxy) is 1. The van der Waals surface area contributed by atoms with Crippen LogP contribution in [0.25, 0.3) is 0 Å². The van der Waals surface area contributed by atoms with E-state index in [4.69, 9.17) is 19.8 Å². The van der Waals surface area contributed by atoms with Crippen LogP contribution < -0.4 is 0 Å². The number of nitrogens with zero attached hydrogens (tertiary/aromatic N) is 2. The first kappa shape index (κ1) is 23.7. The van der Waals surface area contributed by atoms with E-state index >= 15 is 0 Å². The zero-order valence-electron chi connectivity index (χ0n) is 16.5. The van der Waals surface area contributed by atoms with Crippen LogP contribution in [0.2, 0.25) is 0 Å². The van der Waals surface area contributed by atoms with Gasteiger partial charge in [-0.05, 0) is 55.4 Å². The van der Waals surface area contributed by atoms with Gasteiger partial charge in [-0.15, -0.1) is 0 Å². The molecule has 0 aromatic carbocycles. The summed E-state index contributed by atoms with van der Waals surface area (Å²) in [6, 6.07) is 2.73. The minimum atomic E-state index is -1.05. The molecule has 0 amide bonds. The van der Waals surface area contributed by atoms with Crippen molar-refractivity contribution in [2.24, 2.45) is 0 Å². The van der Waals surface area contributed by atoms with Crippen LogP contribution in [0.15, 0.2) is 0 Å². The topological polar surface area (TPSA) is 75.0 Å². The van der Waals surface area contributed by atoms with Gasteiger partial charge in [0.05, 0.1) is 31.3 Å².